The molecule has 0 N–H and O–H groups in total. The van der Waals surface area contributed by atoms with Crippen molar-refractivity contribution in [3.05, 3.63) is 59.9 Å². The zero-order valence-electron chi connectivity index (χ0n) is 12.1. The largest absolute Gasteiger partial charge is 0.491 e. The molecule has 0 saturated carbocycles. The third-order valence-corrected chi connectivity index (χ3v) is 2.87. The first-order chi connectivity index (χ1) is 10.1. The summed E-state index contributed by atoms with van der Waals surface area (Å²) < 4.78 is 5.51. The van der Waals surface area contributed by atoms with E-state index < -0.39 is 0 Å². The Morgan fingerprint density at radius 2 is 1.48 bits per heavy atom. The lowest BCUT2D eigenvalue weighted by molar-refractivity contribution is 0.0894. The van der Waals surface area contributed by atoms with Crippen LogP contribution in [0.25, 0.3) is 0 Å². The van der Waals surface area contributed by atoms with Gasteiger partial charge in [-0.25, -0.2) is 0 Å². The van der Waals surface area contributed by atoms with Gasteiger partial charge in [0.1, 0.15) is 5.75 Å². The van der Waals surface area contributed by atoms with Gasteiger partial charge in [-0.1, -0.05) is 0 Å². The minimum atomic E-state index is -0.204. The number of carbonyl (C=O) groups is 2. The van der Waals surface area contributed by atoms with Crippen LogP contribution in [0.3, 0.4) is 0 Å². The van der Waals surface area contributed by atoms with E-state index in [2.05, 4.69) is 4.98 Å². The third-order valence-electron chi connectivity index (χ3n) is 2.87. The van der Waals surface area contributed by atoms with Crippen molar-refractivity contribution in [3.8, 4) is 5.75 Å². The van der Waals surface area contributed by atoms with Crippen molar-refractivity contribution in [2.45, 2.75) is 26.4 Å². The highest BCUT2D eigenvalue weighted by atomic mass is 16.5. The Kier molecular flexibility index (Phi) is 4.82. The molecule has 0 aliphatic carbocycles. The Balaban J connectivity index is 2.02. The highest BCUT2D eigenvalue weighted by Crippen LogP contribution is 2.15. The number of benzene rings is 1. The van der Waals surface area contributed by atoms with Gasteiger partial charge in [0.25, 0.3) is 0 Å². The Hall–Kier alpha value is -2.49. The summed E-state index contributed by atoms with van der Waals surface area (Å²) in [6.45, 7) is 3.87. The maximum absolute atomic E-state index is 12.1. The van der Waals surface area contributed by atoms with E-state index in [-0.39, 0.29) is 24.1 Å². The molecule has 2 aromatic rings. The average molecular weight is 283 g/mol. The van der Waals surface area contributed by atoms with E-state index in [1.165, 1.54) is 12.4 Å². The van der Waals surface area contributed by atoms with Gasteiger partial charge < -0.3 is 4.74 Å². The van der Waals surface area contributed by atoms with Crippen molar-refractivity contribution in [2.75, 3.05) is 0 Å². The van der Waals surface area contributed by atoms with Crippen molar-refractivity contribution in [1.29, 1.82) is 0 Å². The molecule has 4 nitrogen and oxygen atoms in total. The quantitative estimate of drug-likeness (QED) is 0.602. The summed E-state index contributed by atoms with van der Waals surface area (Å²) in [5, 5.41) is 0. The fourth-order valence-electron chi connectivity index (χ4n) is 1.88. The molecule has 4 heteroatoms. The van der Waals surface area contributed by atoms with Crippen molar-refractivity contribution in [2.24, 2.45) is 0 Å². The number of pyridine rings is 1. The normalized spacial score (nSPS) is 10.4. The molecule has 0 amide bonds. The fraction of sp³-hybridized carbons (Fsp3) is 0.235. The van der Waals surface area contributed by atoms with Crippen LogP contribution in [0.5, 0.6) is 5.75 Å². The van der Waals surface area contributed by atoms with E-state index in [0.29, 0.717) is 16.9 Å². The second kappa shape index (κ2) is 6.79. The Bertz CT molecular complexity index is 618. The number of Topliss-reactive ketones (excluding diaryl/α,β-unsaturated/α-hetero) is 2. The molecule has 0 aliphatic heterocycles. The lowest BCUT2D eigenvalue weighted by atomic mass is 10.0. The zero-order chi connectivity index (χ0) is 15.2. The molecule has 0 spiro atoms. The van der Waals surface area contributed by atoms with Gasteiger partial charge in [0.05, 0.1) is 12.5 Å². The molecule has 0 bridgehead atoms. The Morgan fingerprint density at radius 1 is 0.952 bits per heavy atom. The van der Waals surface area contributed by atoms with Gasteiger partial charge in [-0.15, -0.1) is 0 Å². The maximum Gasteiger partial charge on any atom is 0.170 e. The summed E-state index contributed by atoms with van der Waals surface area (Å²) in [5.41, 5.74) is 1.01. The first-order valence-electron chi connectivity index (χ1n) is 6.79. The summed E-state index contributed by atoms with van der Waals surface area (Å²) in [5.74, 6) is 0.305. The van der Waals surface area contributed by atoms with E-state index >= 15 is 0 Å². The number of rotatable bonds is 6. The summed E-state index contributed by atoms with van der Waals surface area (Å²) in [6, 6.07) is 10.1. The van der Waals surface area contributed by atoms with Crippen LogP contribution in [0.4, 0.5) is 0 Å². The minimum Gasteiger partial charge on any atom is -0.491 e. The van der Waals surface area contributed by atoms with Crippen LogP contribution in [0.2, 0.25) is 0 Å². The molecule has 0 atom stereocenters. The molecule has 0 saturated heterocycles. The molecular weight excluding hydrogens is 266 g/mol. The SMILES string of the molecule is CC(C)Oc1ccc(C(=O)CC(=O)c2ccncc2)cc1. The van der Waals surface area contributed by atoms with Gasteiger partial charge in [-0.05, 0) is 50.2 Å². The monoisotopic (exact) mass is 283 g/mol. The van der Waals surface area contributed by atoms with Gasteiger partial charge in [0, 0.05) is 23.5 Å². The van der Waals surface area contributed by atoms with E-state index in [1.807, 2.05) is 13.8 Å². The molecule has 21 heavy (non-hydrogen) atoms. The smallest absolute Gasteiger partial charge is 0.170 e. The van der Waals surface area contributed by atoms with Crippen LogP contribution in [0.1, 0.15) is 41.0 Å². The molecule has 0 radical (unpaired) electrons. The molecular formula is C17H17NO3. The van der Waals surface area contributed by atoms with Gasteiger partial charge in [0.15, 0.2) is 11.6 Å². The molecule has 0 fully saturated rings. The number of hydrogen-bond acceptors (Lipinski definition) is 4. The van der Waals surface area contributed by atoms with Crippen LogP contribution in [-0.2, 0) is 0 Å². The van der Waals surface area contributed by atoms with E-state index in [9.17, 15) is 9.59 Å². The fourth-order valence-corrected chi connectivity index (χ4v) is 1.88. The summed E-state index contributed by atoms with van der Waals surface area (Å²) in [4.78, 5) is 27.9. The van der Waals surface area contributed by atoms with Crippen LogP contribution in [-0.4, -0.2) is 22.7 Å². The summed E-state index contributed by atoms with van der Waals surface area (Å²) in [7, 11) is 0. The number of carbonyl (C=O) groups excluding carboxylic acids is 2. The molecule has 0 aliphatic rings. The van der Waals surface area contributed by atoms with Crippen LogP contribution in [0, 0.1) is 0 Å². The van der Waals surface area contributed by atoms with Crippen molar-refractivity contribution in [1.82, 2.24) is 4.98 Å². The number of hydrogen-bond donors (Lipinski definition) is 0. The van der Waals surface area contributed by atoms with Crippen LogP contribution < -0.4 is 4.74 Å². The number of aromatic nitrogens is 1. The lowest BCUT2D eigenvalue weighted by Crippen LogP contribution is -2.09. The van der Waals surface area contributed by atoms with Crippen molar-refractivity contribution in [3.63, 3.8) is 0 Å². The Morgan fingerprint density at radius 3 is 2.00 bits per heavy atom. The second-order valence-electron chi connectivity index (χ2n) is 4.95. The highest BCUT2D eigenvalue weighted by Gasteiger charge is 2.13. The number of ketones is 2. The number of nitrogens with zero attached hydrogens (tertiary/aromatic N) is 1. The standard InChI is InChI=1S/C17H17NO3/c1-12(2)21-15-5-3-13(4-6-15)16(19)11-17(20)14-7-9-18-10-8-14/h3-10,12H,11H2,1-2H3. The highest BCUT2D eigenvalue weighted by molar-refractivity contribution is 6.13. The predicted octanol–water partition coefficient (Wildman–Crippen LogP) is 3.32. The third kappa shape index (κ3) is 4.24. The molecule has 108 valence electrons. The molecule has 1 heterocycles. The summed E-state index contributed by atoms with van der Waals surface area (Å²) in [6.07, 6.45) is 3.01. The lowest BCUT2D eigenvalue weighted by Gasteiger charge is -2.09. The topological polar surface area (TPSA) is 56.3 Å². The first-order valence-corrected chi connectivity index (χ1v) is 6.79. The zero-order valence-corrected chi connectivity index (χ0v) is 12.1. The van der Waals surface area contributed by atoms with Gasteiger partial charge in [0.2, 0.25) is 0 Å². The average Bonchev–Trinajstić information content (AvgIpc) is 2.48. The van der Waals surface area contributed by atoms with E-state index in [0.717, 1.165) is 0 Å². The van der Waals surface area contributed by atoms with Crippen LogP contribution in [0.15, 0.2) is 48.8 Å². The van der Waals surface area contributed by atoms with Crippen molar-refractivity contribution >= 4 is 11.6 Å². The van der Waals surface area contributed by atoms with Gasteiger partial charge >= 0.3 is 0 Å². The Labute approximate surface area is 123 Å². The second-order valence-corrected chi connectivity index (χ2v) is 4.95. The van der Waals surface area contributed by atoms with Crippen LogP contribution >= 0.6 is 0 Å². The maximum atomic E-state index is 12.1. The van der Waals surface area contributed by atoms with E-state index in [1.54, 1.807) is 36.4 Å². The van der Waals surface area contributed by atoms with Gasteiger partial charge in [-0.3, -0.25) is 14.6 Å². The number of ether oxygens (including phenoxy) is 1. The minimum absolute atomic E-state index is 0.0832. The van der Waals surface area contributed by atoms with E-state index in [4.69, 9.17) is 4.74 Å². The van der Waals surface area contributed by atoms with Gasteiger partial charge in [-0.2, -0.15) is 0 Å². The van der Waals surface area contributed by atoms with Crippen molar-refractivity contribution < 1.29 is 14.3 Å². The first kappa shape index (κ1) is 14.9. The molecule has 0 unspecified atom stereocenters. The molecule has 1 aromatic heterocycles. The predicted molar refractivity (Wildman–Crippen MR) is 79.7 cm³/mol. The molecule has 2 rings (SSSR count). The summed E-state index contributed by atoms with van der Waals surface area (Å²) >= 11 is 0. The molecule has 1 aromatic carbocycles.